The van der Waals surface area contributed by atoms with E-state index in [4.69, 9.17) is 9.47 Å². The van der Waals surface area contributed by atoms with Crippen LogP contribution in [0.15, 0.2) is 29.4 Å². The van der Waals surface area contributed by atoms with E-state index in [0.717, 1.165) is 23.3 Å². The van der Waals surface area contributed by atoms with Gasteiger partial charge >= 0.3 is 0 Å². The largest absolute Gasteiger partial charge is 0.483 e. The highest BCUT2D eigenvalue weighted by Crippen LogP contribution is 2.35. The number of hydrazone groups is 1. The van der Waals surface area contributed by atoms with Crippen LogP contribution in [-0.4, -0.2) is 50.8 Å². The van der Waals surface area contributed by atoms with Crippen LogP contribution in [-0.2, 0) is 9.53 Å². The highest BCUT2D eigenvalue weighted by Gasteiger charge is 2.38. The molecule has 0 fully saturated rings. The molecule has 0 spiro atoms. The Balaban J connectivity index is 1.71. The summed E-state index contributed by atoms with van der Waals surface area (Å²) in [4.78, 5) is 14.6. The first-order chi connectivity index (χ1) is 11.4. The lowest BCUT2D eigenvalue weighted by Crippen LogP contribution is -2.57. The molecule has 0 aromatic heterocycles. The molecular formula is C17H25N3O3Si. The van der Waals surface area contributed by atoms with Gasteiger partial charge in [0.15, 0.2) is 5.84 Å². The van der Waals surface area contributed by atoms with Gasteiger partial charge in [0.25, 0.3) is 5.91 Å². The van der Waals surface area contributed by atoms with Crippen LogP contribution >= 0.6 is 0 Å². The zero-order chi connectivity index (χ0) is 17.3. The topological polar surface area (TPSA) is 54.4 Å². The Morgan fingerprint density at radius 3 is 2.83 bits per heavy atom. The average Bonchev–Trinajstić information content (AvgIpc) is 2.54. The molecule has 2 aliphatic heterocycles. The maximum Gasteiger partial charge on any atom is 0.267 e. The summed E-state index contributed by atoms with van der Waals surface area (Å²) in [5.74, 6) is 1.48. The third kappa shape index (κ3) is 3.46. The second kappa shape index (κ2) is 6.56. The minimum Gasteiger partial charge on any atom is -0.483 e. The van der Waals surface area contributed by atoms with Crippen LogP contribution in [0.1, 0.15) is 6.92 Å². The first-order valence-corrected chi connectivity index (χ1v) is 12.1. The third-order valence-electron chi connectivity index (χ3n) is 4.20. The first kappa shape index (κ1) is 17.0. The molecule has 0 N–H and O–H groups in total. The van der Waals surface area contributed by atoms with E-state index in [2.05, 4.69) is 24.7 Å². The lowest BCUT2D eigenvalue weighted by atomic mass is 10.1. The van der Waals surface area contributed by atoms with E-state index in [1.165, 1.54) is 5.01 Å². The molecule has 0 saturated heterocycles. The highest BCUT2D eigenvalue weighted by molar-refractivity contribution is 6.76. The number of benzene rings is 1. The lowest BCUT2D eigenvalue weighted by Gasteiger charge is -2.40. The zero-order valence-electron chi connectivity index (χ0n) is 14.8. The van der Waals surface area contributed by atoms with Crippen molar-refractivity contribution in [2.75, 3.05) is 24.8 Å². The third-order valence-corrected chi connectivity index (χ3v) is 5.91. The number of hydrogen-bond donors (Lipinski definition) is 0. The molecule has 130 valence electrons. The van der Waals surface area contributed by atoms with E-state index in [-0.39, 0.29) is 18.7 Å². The van der Waals surface area contributed by atoms with Crippen LogP contribution in [0, 0.1) is 0 Å². The Kier molecular flexibility index (Phi) is 4.64. The molecule has 0 aliphatic carbocycles. The molecule has 1 aromatic rings. The van der Waals surface area contributed by atoms with E-state index in [1.54, 1.807) is 0 Å². The number of hydrogen-bond acceptors (Lipinski definition) is 5. The number of amidine groups is 1. The van der Waals surface area contributed by atoms with Crippen molar-refractivity contribution in [3.63, 3.8) is 0 Å². The van der Waals surface area contributed by atoms with E-state index >= 15 is 0 Å². The zero-order valence-corrected chi connectivity index (χ0v) is 15.8. The Morgan fingerprint density at radius 2 is 2.08 bits per heavy atom. The smallest absolute Gasteiger partial charge is 0.267 e. The number of ether oxygens (including phenoxy) is 2. The van der Waals surface area contributed by atoms with Crippen LogP contribution in [0.25, 0.3) is 0 Å². The van der Waals surface area contributed by atoms with Gasteiger partial charge in [-0.05, 0) is 25.1 Å². The van der Waals surface area contributed by atoms with Gasteiger partial charge < -0.3 is 14.4 Å². The maximum absolute atomic E-state index is 12.6. The van der Waals surface area contributed by atoms with E-state index in [9.17, 15) is 4.79 Å². The molecule has 1 amide bonds. The summed E-state index contributed by atoms with van der Waals surface area (Å²) in [6, 6.07) is 8.49. The number of carbonyl (C=O) groups is 1. The highest BCUT2D eigenvalue weighted by atomic mass is 28.3. The van der Waals surface area contributed by atoms with E-state index in [0.29, 0.717) is 13.2 Å². The lowest BCUT2D eigenvalue weighted by molar-refractivity contribution is -0.138. The van der Waals surface area contributed by atoms with Gasteiger partial charge in [-0.15, -0.1) is 0 Å². The molecular weight excluding hydrogens is 322 g/mol. The number of para-hydroxylation sites is 2. The van der Waals surface area contributed by atoms with Crippen molar-refractivity contribution < 1.29 is 14.3 Å². The predicted molar refractivity (Wildman–Crippen MR) is 97.1 cm³/mol. The van der Waals surface area contributed by atoms with Gasteiger partial charge in [0.2, 0.25) is 0 Å². The fourth-order valence-corrected chi connectivity index (χ4v) is 3.53. The van der Waals surface area contributed by atoms with Crippen molar-refractivity contribution in [3.8, 4) is 5.75 Å². The Labute approximate surface area is 144 Å². The van der Waals surface area contributed by atoms with Gasteiger partial charge in [0, 0.05) is 14.7 Å². The van der Waals surface area contributed by atoms with Crippen molar-refractivity contribution in [1.82, 2.24) is 5.01 Å². The molecule has 3 rings (SSSR count). The Morgan fingerprint density at radius 1 is 1.33 bits per heavy atom. The SMILES string of the molecule is CC1C(=O)N(COCC[Si](C)(C)C)N=C2COc3ccccc3N21. The molecule has 7 heteroatoms. The summed E-state index contributed by atoms with van der Waals surface area (Å²) >= 11 is 0. The standard InChI is InChI=1S/C17H25N3O3Si/c1-13-17(21)19(12-22-9-10-24(2,3)4)18-16-11-23-15-8-6-5-7-14(15)20(13)16/h5-8,13H,9-12H2,1-4H3. The summed E-state index contributed by atoms with van der Waals surface area (Å²) in [7, 11) is -1.13. The minimum atomic E-state index is -1.13. The van der Waals surface area contributed by atoms with Gasteiger partial charge in [-0.3, -0.25) is 4.79 Å². The Bertz CT molecular complexity index is 657. The van der Waals surface area contributed by atoms with E-state index in [1.807, 2.05) is 36.1 Å². The number of amides is 1. The molecule has 1 aromatic carbocycles. The van der Waals surface area contributed by atoms with Crippen molar-refractivity contribution >= 4 is 25.5 Å². The van der Waals surface area contributed by atoms with Crippen molar-refractivity contribution in [3.05, 3.63) is 24.3 Å². The molecule has 1 atom stereocenters. The van der Waals surface area contributed by atoms with Crippen molar-refractivity contribution in [2.45, 2.75) is 38.7 Å². The molecule has 0 saturated carbocycles. The van der Waals surface area contributed by atoms with E-state index < -0.39 is 8.07 Å². The predicted octanol–water partition coefficient (Wildman–Crippen LogP) is 2.74. The minimum absolute atomic E-state index is 0.0524. The summed E-state index contributed by atoms with van der Waals surface area (Å²) < 4.78 is 11.4. The van der Waals surface area contributed by atoms with Gasteiger partial charge in [0.05, 0.1) is 5.69 Å². The second-order valence-electron chi connectivity index (χ2n) is 7.40. The summed E-state index contributed by atoms with van der Waals surface area (Å²) in [5, 5.41) is 5.88. The molecule has 6 nitrogen and oxygen atoms in total. The molecule has 1 unspecified atom stereocenters. The van der Waals surface area contributed by atoms with Crippen LogP contribution in [0.2, 0.25) is 25.7 Å². The van der Waals surface area contributed by atoms with Crippen LogP contribution < -0.4 is 9.64 Å². The molecule has 2 heterocycles. The average molecular weight is 347 g/mol. The molecule has 2 aliphatic rings. The van der Waals surface area contributed by atoms with Crippen molar-refractivity contribution in [2.24, 2.45) is 5.10 Å². The van der Waals surface area contributed by atoms with Gasteiger partial charge in [-0.1, -0.05) is 31.8 Å². The van der Waals surface area contributed by atoms with Crippen LogP contribution in [0.4, 0.5) is 5.69 Å². The first-order valence-electron chi connectivity index (χ1n) is 8.34. The summed E-state index contributed by atoms with van der Waals surface area (Å²) in [5.41, 5.74) is 0.891. The molecule has 0 bridgehead atoms. The fourth-order valence-electron chi connectivity index (χ4n) is 2.77. The van der Waals surface area contributed by atoms with Gasteiger partial charge in [-0.2, -0.15) is 5.10 Å². The van der Waals surface area contributed by atoms with Crippen LogP contribution in [0.5, 0.6) is 5.75 Å². The summed E-state index contributed by atoms with van der Waals surface area (Å²) in [6.45, 7) is 10.0. The fraction of sp³-hybridized carbons (Fsp3) is 0.529. The number of fused-ring (bicyclic) bond motifs is 3. The monoisotopic (exact) mass is 347 g/mol. The van der Waals surface area contributed by atoms with Gasteiger partial charge in [0.1, 0.15) is 25.1 Å². The molecule has 0 radical (unpaired) electrons. The van der Waals surface area contributed by atoms with Crippen molar-refractivity contribution in [1.29, 1.82) is 0 Å². The van der Waals surface area contributed by atoms with Gasteiger partial charge in [-0.25, -0.2) is 5.01 Å². The maximum atomic E-state index is 12.6. The number of carbonyl (C=O) groups excluding carboxylic acids is 1. The second-order valence-corrected chi connectivity index (χ2v) is 13.0. The summed E-state index contributed by atoms with van der Waals surface area (Å²) in [6.07, 6.45) is 0. The number of rotatable bonds is 5. The Hall–Kier alpha value is -1.86. The normalized spacial score (nSPS) is 20.2. The van der Waals surface area contributed by atoms with Crippen LogP contribution in [0.3, 0.4) is 0 Å². The number of anilines is 1. The quantitative estimate of drug-likeness (QED) is 0.607. The molecule has 24 heavy (non-hydrogen) atoms. The number of nitrogens with zero attached hydrogens (tertiary/aromatic N) is 3.